The summed E-state index contributed by atoms with van der Waals surface area (Å²) in [6.07, 6.45) is 0.656. The summed E-state index contributed by atoms with van der Waals surface area (Å²) in [5.74, 6) is -0.261. The van der Waals surface area contributed by atoms with Gasteiger partial charge in [0.15, 0.2) is 0 Å². The standard InChI is InChI=1S/C18H20N2O4/c1-3-16(12-6-10-15(24-2)11-7-12)18(22)19-14-8-4-13(5-9-14)17(21)20-23/h4-11,16,23H,3H2,1-2H3,(H,19,22)(H,20,21). The topological polar surface area (TPSA) is 87.7 Å². The molecule has 2 rings (SSSR count). The molecule has 6 heteroatoms. The highest BCUT2D eigenvalue weighted by Crippen LogP contribution is 2.24. The van der Waals surface area contributed by atoms with E-state index in [4.69, 9.17) is 9.94 Å². The lowest BCUT2D eigenvalue weighted by Gasteiger charge is -2.16. The highest BCUT2D eigenvalue weighted by atomic mass is 16.5. The summed E-state index contributed by atoms with van der Waals surface area (Å²) < 4.78 is 5.13. The smallest absolute Gasteiger partial charge is 0.274 e. The number of carbonyl (C=O) groups is 2. The maximum absolute atomic E-state index is 12.5. The minimum atomic E-state index is -0.599. The minimum absolute atomic E-state index is 0.123. The molecule has 2 aromatic carbocycles. The van der Waals surface area contributed by atoms with E-state index in [1.54, 1.807) is 24.7 Å². The van der Waals surface area contributed by atoms with Gasteiger partial charge in [-0.1, -0.05) is 19.1 Å². The van der Waals surface area contributed by atoms with Gasteiger partial charge in [-0.15, -0.1) is 0 Å². The van der Waals surface area contributed by atoms with Crippen molar-refractivity contribution in [1.29, 1.82) is 0 Å². The molecule has 0 bridgehead atoms. The lowest BCUT2D eigenvalue weighted by atomic mass is 9.95. The Balaban J connectivity index is 2.09. The summed E-state index contributed by atoms with van der Waals surface area (Å²) in [6, 6.07) is 13.7. The van der Waals surface area contributed by atoms with E-state index in [9.17, 15) is 9.59 Å². The van der Waals surface area contributed by atoms with E-state index >= 15 is 0 Å². The number of benzene rings is 2. The number of methoxy groups -OCH3 is 1. The molecule has 0 aromatic heterocycles. The molecular formula is C18H20N2O4. The molecule has 0 aliphatic heterocycles. The number of hydrogen-bond donors (Lipinski definition) is 3. The molecule has 0 fully saturated rings. The van der Waals surface area contributed by atoms with E-state index in [0.717, 1.165) is 11.3 Å². The molecule has 2 amide bonds. The van der Waals surface area contributed by atoms with Crippen LogP contribution in [-0.4, -0.2) is 24.1 Å². The highest BCUT2D eigenvalue weighted by molar-refractivity contribution is 5.97. The highest BCUT2D eigenvalue weighted by Gasteiger charge is 2.19. The van der Waals surface area contributed by atoms with E-state index in [1.807, 2.05) is 31.2 Å². The van der Waals surface area contributed by atoms with E-state index in [-0.39, 0.29) is 11.8 Å². The third-order valence-electron chi connectivity index (χ3n) is 3.76. The Morgan fingerprint density at radius 3 is 2.21 bits per heavy atom. The Labute approximate surface area is 140 Å². The molecule has 0 spiro atoms. The monoisotopic (exact) mass is 328 g/mol. The Hall–Kier alpha value is -2.86. The Morgan fingerprint density at radius 1 is 1.08 bits per heavy atom. The van der Waals surface area contributed by atoms with Gasteiger partial charge >= 0.3 is 0 Å². The number of nitrogens with one attached hydrogen (secondary N) is 2. The summed E-state index contributed by atoms with van der Waals surface area (Å²) in [6.45, 7) is 1.95. The van der Waals surface area contributed by atoms with Gasteiger partial charge in [0.1, 0.15) is 5.75 Å². The molecule has 0 aliphatic carbocycles. The normalized spacial score (nSPS) is 11.5. The van der Waals surface area contributed by atoms with Crippen LogP contribution in [0.5, 0.6) is 5.75 Å². The molecule has 3 N–H and O–H groups in total. The first kappa shape index (κ1) is 17.5. The van der Waals surface area contributed by atoms with Crippen LogP contribution < -0.4 is 15.5 Å². The van der Waals surface area contributed by atoms with E-state index in [0.29, 0.717) is 17.7 Å². The first-order valence-corrected chi connectivity index (χ1v) is 7.58. The molecule has 1 unspecified atom stereocenters. The van der Waals surface area contributed by atoms with Crippen molar-refractivity contribution in [2.45, 2.75) is 19.3 Å². The van der Waals surface area contributed by atoms with Crippen LogP contribution in [-0.2, 0) is 4.79 Å². The largest absolute Gasteiger partial charge is 0.497 e. The molecule has 2 aromatic rings. The van der Waals surface area contributed by atoms with Crippen LogP contribution >= 0.6 is 0 Å². The van der Waals surface area contributed by atoms with Crippen molar-refractivity contribution in [2.24, 2.45) is 0 Å². The number of amides is 2. The number of anilines is 1. The predicted octanol–water partition coefficient (Wildman–Crippen LogP) is 2.95. The van der Waals surface area contributed by atoms with Gasteiger partial charge in [0.2, 0.25) is 5.91 Å². The summed E-state index contributed by atoms with van der Waals surface area (Å²) in [5, 5.41) is 11.4. The fourth-order valence-corrected chi connectivity index (χ4v) is 2.41. The maximum atomic E-state index is 12.5. The average molecular weight is 328 g/mol. The van der Waals surface area contributed by atoms with Crippen LogP contribution in [0.2, 0.25) is 0 Å². The van der Waals surface area contributed by atoms with Crippen LogP contribution in [0.1, 0.15) is 35.2 Å². The molecule has 0 saturated carbocycles. The minimum Gasteiger partial charge on any atom is -0.497 e. The third kappa shape index (κ3) is 4.11. The van der Waals surface area contributed by atoms with E-state index in [1.165, 1.54) is 12.1 Å². The van der Waals surface area contributed by atoms with Crippen LogP contribution in [0.4, 0.5) is 5.69 Å². The van der Waals surface area contributed by atoms with E-state index in [2.05, 4.69) is 5.32 Å². The van der Waals surface area contributed by atoms with Gasteiger partial charge in [-0.3, -0.25) is 14.8 Å². The van der Waals surface area contributed by atoms with Gasteiger partial charge in [-0.05, 0) is 48.4 Å². The van der Waals surface area contributed by atoms with Crippen molar-refractivity contribution < 1.29 is 19.5 Å². The SMILES string of the molecule is CCC(C(=O)Nc1ccc(C(=O)NO)cc1)c1ccc(OC)cc1. The second-order valence-electron chi connectivity index (χ2n) is 5.24. The van der Waals surface area contributed by atoms with Crippen molar-refractivity contribution in [2.75, 3.05) is 12.4 Å². The zero-order valence-electron chi connectivity index (χ0n) is 13.6. The number of hydrogen-bond acceptors (Lipinski definition) is 4. The Kier molecular flexibility index (Phi) is 5.92. The molecule has 0 radical (unpaired) electrons. The first-order valence-electron chi connectivity index (χ1n) is 7.58. The van der Waals surface area contributed by atoms with Gasteiger partial charge < -0.3 is 10.1 Å². The van der Waals surface area contributed by atoms with Crippen LogP contribution in [0.15, 0.2) is 48.5 Å². The third-order valence-corrected chi connectivity index (χ3v) is 3.76. The summed E-state index contributed by atoms with van der Waals surface area (Å²) in [5.41, 5.74) is 3.36. The maximum Gasteiger partial charge on any atom is 0.274 e. The lowest BCUT2D eigenvalue weighted by molar-refractivity contribution is -0.117. The van der Waals surface area contributed by atoms with Gasteiger partial charge in [0.05, 0.1) is 13.0 Å². The molecule has 126 valence electrons. The number of ether oxygens (including phenoxy) is 1. The lowest BCUT2D eigenvalue weighted by Crippen LogP contribution is -2.21. The van der Waals surface area contributed by atoms with Gasteiger partial charge in [0, 0.05) is 11.3 Å². The van der Waals surface area contributed by atoms with Crippen LogP contribution in [0.3, 0.4) is 0 Å². The van der Waals surface area contributed by atoms with Crippen molar-refractivity contribution in [3.63, 3.8) is 0 Å². The van der Waals surface area contributed by atoms with Gasteiger partial charge in [-0.2, -0.15) is 0 Å². The van der Waals surface area contributed by atoms with Gasteiger partial charge in [-0.25, -0.2) is 5.48 Å². The van der Waals surface area contributed by atoms with Crippen molar-refractivity contribution in [3.05, 3.63) is 59.7 Å². The number of hydroxylamine groups is 1. The predicted molar refractivity (Wildman–Crippen MR) is 90.4 cm³/mol. The molecule has 0 aliphatic rings. The number of rotatable bonds is 6. The van der Waals surface area contributed by atoms with Crippen molar-refractivity contribution in [3.8, 4) is 5.75 Å². The molecule has 0 saturated heterocycles. The Bertz CT molecular complexity index is 696. The molecule has 6 nitrogen and oxygen atoms in total. The quantitative estimate of drug-likeness (QED) is 0.562. The summed E-state index contributed by atoms with van der Waals surface area (Å²) in [4.78, 5) is 23.8. The van der Waals surface area contributed by atoms with Gasteiger partial charge in [0.25, 0.3) is 5.91 Å². The molecule has 0 heterocycles. The second kappa shape index (κ2) is 8.12. The van der Waals surface area contributed by atoms with Crippen molar-refractivity contribution >= 4 is 17.5 Å². The fourth-order valence-electron chi connectivity index (χ4n) is 2.41. The Morgan fingerprint density at radius 2 is 1.71 bits per heavy atom. The zero-order valence-corrected chi connectivity index (χ0v) is 13.6. The molecule has 1 atom stereocenters. The van der Waals surface area contributed by atoms with Crippen LogP contribution in [0, 0.1) is 0 Å². The second-order valence-corrected chi connectivity index (χ2v) is 5.24. The van der Waals surface area contributed by atoms with Crippen LogP contribution in [0.25, 0.3) is 0 Å². The van der Waals surface area contributed by atoms with Crippen molar-refractivity contribution in [1.82, 2.24) is 5.48 Å². The fraction of sp³-hybridized carbons (Fsp3) is 0.222. The average Bonchev–Trinajstić information content (AvgIpc) is 2.63. The van der Waals surface area contributed by atoms with E-state index < -0.39 is 5.91 Å². The molecule has 24 heavy (non-hydrogen) atoms. The molecular weight excluding hydrogens is 308 g/mol. The summed E-state index contributed by atoms with van der Waals surface area (Å²) >= 11 is 0. The first-order chi connectivity index (χ1) is 11.6. The summed E-state index contributed by atoms with van der Waals surface area (Å²) in [7, 11) is 1.60. The zero-order chi connectivity index (χ0) is 17.5. The number of carbonyl (C=O) groups excluding carboxylic acids is 2.